The minimum atomic E-state index is -3.09. The normalized spacial score (nSPS) is 23.6. The maximum Gasteiger partial charge on any atom is 0.214 e. The van der Waals surface area contributed by atoms with Crippen molar-refractivity contribution in [3.8, 4) is 0 Å². The topological polar surface area (TPSA) is 46.6 Å². The Morgan fingerprint density at radius 2 is 2.07 bits per heavy atom. The van der Waals surface area contributed by atoms with E-state index in [2.05, 4.69) is 0 Å². The summed E-state index contributed by atoms with van der Waals surface area (Å²) in [5, 5.41) is 0. The van der Waals surface area contributed by atoms with Gasteiger partial charge in [0.2, 0.25) is 10.0 Å². The summed E-state index contributed by atoms with van der Waals surface area (Å²) >= 11 is 0. The summed E-state index contributed by atoms with van der Waals surface area (Å²) in [6, 6.07) is 0. The summed E-state index contributed by atoms with van der Waals surface area (Å²) in [6.07, 6.45) is 0.662. The van der Waals surface area contributed by atoms with Crippen LogP contribution in [-0.2, 0) is 14.8 Å². The first kappa shape index (κ1) is 11.9. The van der Waals surface area contributed by atoms with Crippen LogP contribution in [-0.4, -0.2) is 43.8 Å². The summed E-state index contributed by atoms with van der Waals surface area (Å²) in [5.41, 5.74) is -0.397. The molecule has 0 unspecified atom stereocenters. The molecule has 0 saturated carbocycles. The fourth-order valence-electron chi connectivity index (χ4n) is 1.73. The van der Waals surface area contributed by atoms with Crippen molar-refractivity contribution in [2.24, 2.45) is 0 Å². The molecule has 0 aliphatic carbocycles. The number of nitrogens with zero attached hydrogens (tertiary/aromatic N) is 1. The average Bonchev–Trinajstić information content (AvgIpc) is 2.02. The first-order valence-corrected chi connectivity index (χ1v) is 6.59. The molecule has 0 bridgehead atoms. The molecule has 0 spiro atoms. The number of hydrogen-bond acceptors (Lipinski definition) is 3. The standard InChI is InChI=1S/C9H19NO3S/c1-4-7-14(11,12)10-5-6-13-8-9(10,2)3/h4-8H2,1-3H3. The lowest BCUT2D eigenvalue weighted by Crippen LogP contribution is -2.55. The van der Waals surface area contributed by atoms with E-state index in [0.717, 1.165) is 0 Å². The number of rotatable bonds is 3. The molecule has 0 aromatic heterocycles. The van der Waals surface area contributed by atoms with Gasteiger partial charge >= 0.3 is 0 Å². The van der Waals surface area contributed by atoms with Crippen molar-refractivity contribution in [1.82, 2.24) is 4.31 Å². The van der Waals surface area contributed by atoms with E-state index in [9.17, 15) is 8.42 Å². The van der Waals surface area contributed by atoms with Crippen LogP contribution in [0.2, 0.25) is 0 Å². The summed E-state index contributed by atoms with van der Waals surface area (Å²) in [5.74, 6) is 0.233. The predicted octanol–water partition coefficient (Wildman–Crippen LogP) is 0.837. The largest absolute Gasteiger partial charge is 0.378 e. The zero-order valence-electron chi connectivity index (χ0n) is 9.12. The lowest BCUT2D eigenvalue weighted by molar-refractivity contribution is -0.00768. The van der Waals surface area contributed by atoms with Crippen molar-refractivity contribution in [2.45, 2.75) is 32.7 Å². The van der Waals surface area contributed by atoms with E-state index in [4.69, 9.17) is 4.74 Å². The summed E-state index contributed by atoms with van der Waals surface area (Å²) in [7, 11) is -3.09. The second-order valence-corrected chi connectivity index (χ2v) is 6.27. The molecule has 4 nitrogen and oxygen atoms in total. The lowest BCUT2D eigenvalue weighted by Gasteiger charge is -2.40. The van der Waals surface area contributed by atoms with Crippen molar-refractivity contribution in [2.75, 3.05) is 25.5 Å². The molecule has 0 amide bonds. The molecule has 1 rings (SSSR count). The second-order valence-electron chi connectivity index (χ2n) is 4.25. The third-order valence-corrected chi connectivity index (χ3v) is 4.64. The smallest absolute Gasteiger partial charge is 0.214 e. The maximum absolute atomic E-state index is 11.9. The van der Waals surface area contributed by atoms with Gasteiger partial charge in [-0.2, -0.15) is 4.31 Å². The molecule has 5 heteroatoms. The molecule has 0 aromatic rings. The van der Waals surface area contributed by atoms with Crippen molar-refractivity contribution in [1.29, 1.82) is 0 Å². The molecule has 0 atom stereocenters. The van der Waals surface area contributed by atoms with Crippen LogP contribution in [0.15, 0.2) is 0 Å². The Balaban J connectivity index is 2.84. The van der Waals surface area contributed by atoms with E-state index in [0.29, 0.717) is 26.2 Å². The van der Waals surface area contributed by atoms with Crippen LogP contribution < -0.4 is 0 Å². The molecule has 1 aliphatic rings. The van der Waals surface area contributed by atoms with Gasteiger partial charge in [0.05, 0.1) is 24.5 Å². The Kier molecular flexibility index (Phi) is 3.55. The number of morpholine rings is 1. The first-order valence-electron chi connectivity index (χ1n) is 4.98. The van der Waals surface area contributed by atoms with E-state index in [1.807, 2.05) is 20.8 Å². The predicted molar refractivity (Wildman–Crippen MR) is 55.7 cm³/mol. The van der Waals surface area contributed by atoms with Gasteiger partial charge in [0.1, 0.15) is 0 Å². The Bertz CT molecular complexity index is 284. The zero-order valence-corrected chi connectivity index (χ0v) is 9.93. The quantitative estimate of drug-likeness (QED) is 0.709. The van der Waals surface area contributed by atoms with E-state index < -0.39 is 15.6 Å². The molecule has 1 saturated heterocycles. The highest BCUT2D eigenvalue weighted by atomic mass is 32.2. The van der Waals surface area contributed by atoms with Crippen molar-refractivity contribution in [3.63, 3.8) is 0 Å². The van der Waals surface area contributed by atoms with E-state index in [-0.39, 0.29) is 5.75 Å². The number of hydrogen-bond donors (Lipinski definition) is 0. The second kappa shape index (κ2) is 4.16. The van der Waals surface area contributed by atoms with Gasteiger partial charge in [-0.3, -0.25) is 0 Å². The summed E-state index contributed by atoms with van der Waals surface area (Å²) in [4.78, 5) is 0. The third-order valence-electron chi connectivity index (χ3n) is 2.37. The van der Waals surface area contributed by atoms with Gasteiger partial charge in [0.15, 0.2) is 0 Å². The SMILES string of the molecule is CCCS(=O)(=O)N1CCOCC1(C)C. The van der Waals surface area contributed by atoms with Crippen LogP contribution in [0, 0.1) is 0 Å². The molecule has 0 N–H and O–H groups in total. The van der Waals surface area contributed by atoms with Crippen molar-refractivity contribution < 1.29 is 13.2 Å². The number of ether oxygens (including phenoxy) is 1. The van der Waals surface area contributed by atoms with Crippen molar-refractivity contribution >= 4 is 10.0 Å². The minimum absolute atomic E-state index is 0.233. The summed E-state index contributed by atoms with van der Waals surface area (Å²) < 4.78 is 30.6. The van der Waals surface area contributed by atoms with E-state index in [1.165, 1.54) is 0 Å². The van der Waals surface area contributed by atoms with Crippen LogP contribution >= 0.6 is 0 Å². The van der Waals surface area contributed by atoms with Crippen molar-refractivity contribution in [3.05, 3.63) is 0 Å². The van der Waals surface area contributed by atoms with Gasteiger partial charge in [0, 0.05) is 6.54 Å². The fraction of sp³-hybridized carbons (Fsp3) is 1.00. The van der Waals surface area contributed by atoms with Gasteiger partial charge in [-0.1, -0.05) is 6.92 Å². The molecular formula is C9H19NO3S. The zero-order chi connectivity index (χ0) is 10.8. The van der Waals surface area contributed by atoms with Gasteiger partial charge in [-0.05, 0) is 20.3 Å². The molecule has 1 heterocycles. The van der Waals surface area contributed by atoms with Crippen LogP contribution in [0.4, 0.5) is 0 Å². The van der Waals surface area contributed by atoms with E-state index in [1.54, 1.807) is 4.31 Å². The van der Waals surface area contributed by atoms with Crippen LogP contribution in [0.3, 0.4) is 0 Å². The Morgan fingerprint density at radius 3 is 2.57 bits per heavy atom. The lowest BCUT2D eigenvalue weighted by atomic mass is 10.1. The first-order chi connectivity index (χ1) is 6.40. The average molecular weight is 221 g/mol. The molecule has 1 fully saturated rings. The highest BCUT2D eigenvalue weighted by Gasteiger charge is 2.38. The summed E-state index contributed by atoms with van der Waals surface area (Å²) in [6.45, 7) is 7.15. The Labute approximate surface area is 86.3 Å². The molecule has 0 aromatic carbocycles. The minimum Gasteiger partial charge on any atom is -0.378 e. The molecule has 1 aliphatic heterocycles. The monoisotopic (exact) mass is 221 g/mol. The fourth-order valence-corrected chi connectivity index (χ4v) is 3.62. The Morgan fingerprint density at radius 1 is 1.43 bits per heavy atom. The van der Waals surface area contributed by atoms with Gasteiger partial charge < -0.3 is 4.74 Å². The molecule has 0 radical (unpaired) electrons. The van der Waals surface area contributed by atoms with Gasteiger partial charge in [-0.15, -0.1) is 0 Å². The van der Waals surface area contributed by atoms with E-state index >= 15 is 0 Å². The van der Waals surface area contributed by atoms with Gasteiger partial charge in [-0.25, -0.2) is 8.42 Å². The van der Waals surface area contributed by atoms with Crippen LogP contribution in [0.5, 0.6) is 0 Å². The van der Waals surface area contributed by atoms with Crippen LogP contribution in [0.1, 0.15) is 27.2 Å². The molecule has 14 heavy (non-hydrogen) atoms. The van der Waals surface area contributed by atoms with Gasteiger partial charge in [0.25, 0.3) is 0 Å². The third kappa shape index (κ3) is 2.46. The highest BCUT2D eigenvalue weighted by molar-refractivity contribution is 7.89. The number of sulfonamides is 1. The maximum atomic E-state index is 11.9. The highest BCUT2D eigenvalue weighted by Crippen LogP contribution is 2.23. The molecular weight excluding hydrogens is 202 g/mol. The molecule has 84 valence electrons. The van der Waals surface area contributed by atoms with Crippen LogP contribution in [0.25, 0.3) is 0 Å². The Hall–Kier alpha value is -0.130.